The van der Waals surface area contributed by atoms with Crippen LogP contribution in [0.1, 0.15) is 32.9 Å². The molecule has 212 valence electrons. The van der Waals surface area contributed by atoms with Gasteiger partial charge in [0.2, 0.25) is 5.89 Å². The number of aliphatic carboxylic acids is 1. The lowest BCUT2D eigenvalue weighted by molar-refractivity contribution is -0.137. The average Bonchev–Trinajstić information content (AvgIpc) is 3.38. The summed E-state index contributed by atoms with van der Waals surface area (Å²) in [5.41, 5.74) is 3.65. The van der Waals surface area contributed by atoms with Gasteiger partial charge in [0.1, 0.15) is 23.4 Å². The maximum atomic E-state index is 13.2. The van der Waals surface area contributed by atoms with Gasteiger partial charge in [-0.15, -0.1) is 0 Å². The molecule has 0 unspecified atom stereocenters. The number of anilines is 1. The molecule has 0 aliphatic rings. The summed E-state index contributed by atoms with van der Waals surface area (Å²) >= 11 is 0. The number of hydrogen-bond donors (Lipinski definition) is 2. The van der Waals surface area contributed by atoms with Crippen LogP contribution < -0.4 is 10.1 Å². The number of aromatic nitrogens is 1. The highest BCUT2D eigenvalue weighted by atomic mass is 19.1. The van der Waals surface area contributed by atoms with E-state index in [1.807, 2.05) is 25.1 Å². The fourth-order valence-corrected chi connectivity index (χ4v) is 4.54. The number of carbonyl (C=O) groups excluding carboxylic acids is 1. The molecular formula is C34H29FN2O5. The number of carboxylic acids is 1. The van der Waals surface area contributed by atoms with Crippen LogP contribution in [0.2, 0.25) is 0 Å². The van der Waals surface area contributed by atoms with Crippen molar-refractivity contribution in [3.05, 3.63) is 137 Å². The Labute approximate surface area is 242 Å². The lowest BCUT2D eigenvalue weighted by atomic mass is 10.00. The van der Waals surface area contributed by atoms with Gasteiger partial charge in [0.05, 0.1) is 12.3 Å². The smallest absolute Gasteiger partial charge is 0.326 e. The van der Waals surface area contributed by atoms with E-state index in [9.17, 15) is 19.1 Å². The fraction of sp³-hybridized carbons (Fsp3) is 0.147. The Kier molecular flexibility index (Phi) is 8.72. The van der Waals surface area contributed by atoms with Crippen molar-refractivity contribution < 1.29 is 28.2 Å². The van der Waals surface area contributed by atoms with Crippen LogP contribution in [-0.4, -0.2) is 34.5 Å². The number of halogens is 1. The summed E-state index contributed by atoms with van der Waals surface area (Å²) in [6.45, 7) is 2.19. The Hall–Kier alpha value is -5.24. The Morgan fingerprint density at radius 3 is 2.33 bits per heavy atom. The second-order valence-electron chi connectivity index (χ2n) is 9.75. The number of oxazole rings is 1. The number of hydrogen-bond acceptors (Lipinski definition) is 6. The molecule has 7 nitrogen and oxygen atoms in total. The molecule has 0 spiro atoms. The first kappa shape index (κ1) is 28.3. The molecule has 42 heavy (non-hydrogen) atoms. The third-order valence-electron chi connectivity index (χ3n) is 6.79. The summed E-state index contributed by atoms with van der Waals surface area (Å²) in [6.07, 6.45) is 0.720. The monoisotopic (exact) mass is 564 g/mol. The van der Waals surface area contributed by atoms with Crippen LogP contribution in [0.15, 0.2) is 108 Å². The summed E-state index contributed by atoms with van der Waals surface area (Å²) in [6, 6.07) is 28.0. The van der Waals surface area contributed by atoms with Crippen molar-refractivity contribution in [3.63, 3.8) is 0 Å². The van der Waals surface area contributed by atoms with Crippen molar-refractivity contribution in [1.29, 1.82) is 0 Å². The van der Waals surface area contributed by atoms with Gasteiger partial charge in [-0.05, 0) is 61.0 Å². The summed E-state index contributed by atoms with van der Waals surface area (Å²) in [5.74, 6) is 0.208. The molecule has 0 radical (unpaired) electrons. The molecule has 1 aromatic heterocycles. The van der Waals surface area contributed by atoms with E-state index in [0.717, 1.165) is 11.3 Å². The van der Waals surface area contributed by atoms with Crippen molar-refractivity contribution in [2.45, 2.75) is 25.8 Å². The number of ketones is 1. The maximum Gasteiger partial charge on any atom is 0.326 e. The van der Waals surface area contributed by atoms with Crippen molar-refractivity contribution in [2.75, 3.05) is 11.9 Å². The van der Waals surface area contributed by atoms with Crippen LogP contribution >= 0.6 is 0 Å². The lowest BCUT2D eigenvalue weighted by Crippen LogP contribution is -2.32. The minimum atomic E-state index is -1.03. The molecule has 0 aliphatic heterocycles. The lowest BCUT2D eigenvalue weighted by Gasteiger charge is -2.18. The van der Waals surface area contributed by atoms with Crippen LogP contribution in [0.5, 0.6) is 5.75 Å². The van der Waals surface area contributed by atoms with Gasteiger partial charge in [-0.25, -0.2) is 14.2 Å². The van der Waals surface area contributed by atoms with Crippen LogP contribution in [-0.2, 0) is 17.6 Å². The Morgan fingerprint density at radius 2 is 1.62 bits per heavy atom. The quantitative estimate of drug-likeness (QED) is 0.162. The average molecular weight is 565 g/mol. The van der Waals surface area contributed by atoms with Crippen molar-refractivity contribution in [2.24, 2.45) is 0 Å². The fourth-order valence-electron chi connectivity index (χ4n) is 4.54. The highest BCUT2D eigenvalue weighted by Crippen LogP contribution is 2.24. The number of benzene rings is 4. The molecule has 0 fully saturated rings. The first-order valence-corrected chi connectivity index (χ1v) is 13.5. The number of nitrogens with zero attached hydrogens (tertiary/aromatic N) is 1. The van der Waals surface area contributed by atoms with Crippen molar-refractivity contribution in [3.8, 4) is 17.2 Å². The zero-order valence-electron chi connectivity index (χ0n) is 22.9. The van der Waals surface area contributed by atoms with E-state index in [1.54, 1.807) is 72.8 Å². The number of aryl methyl sites for hydroxylation is 1. The van der Waals surface area contributed by atoms with E-state index < -0.39 is 12.0 Å². The van der Waals surface area contributed by atoms with E-state index in [4.69, 9.17) is 9.15 Å². The molecule has 0 saturated carbocycles. The predicted molar refractivity (Wildman–Crippen MR) is 157 cm³/mol. The van der Waals surface area contributed by atoms with Gasteiger partial charge in [0.15, 0.2) is 5.78 Å². The first-order chi connectivity index (χ1) is 20.4. The molecule has 1 atom stereocenters. The summed E-state index contributed by atoms with van der Waals surface area (Å²) in [7, 11) is 0. The normalized spacial score (nSPS) is 11.6. The van der Waals surface area contributed by atoms with Crippen molar-refractivity contribution >= 4 is 17.4 Å². The SMILES string of the molecule is Cc1oc(-c2ccc(F)cc2)nc1CCOc1ccc(C[C@H](Nc2ccccc2C(=O)c2ccccc2)C(=O)O)cc1. The van der Waals surface area contributed by atoms with E-state index >= 15 is 0 Å². The molecule has 5 aromatic rings. The van der Waals surface area contributed by atoms with E-state index in [1.165, 1.54) is 12.1 Å². The van der Waals surface area contributed by atoms with Crippen molar-refractivity contribution in [1.82, 2.24) is 4.98 Å². The topological polar surface area (TPSA) is 102 Å². The second-order valence-corrected chi connectivity index (χ2v) is 9.75. The second kappa shape index (κ2) is 13.0. The molecule has 0 amide bonds. The summed E-state index contributed by atoms with van der Waals surface area (Å²) in [4.78, 5) is 29.7. The van der Waals surface area contributed by atoms with Crippen LogP contribution in [0.4, 0.5) is 10.1 Å². The van der Waals surface area contributed by atoms with Gasteiger partial charge in [-0.2, -0.15) is 0 Å². The van der Waals surface area contributed by atoms with Gasteiger partial charge in [-0.3, -0.25) is 4.79 Å². The molecule has 2 N–H and O–H groups in total. The number of para-hydroxylation sites is 1. The third kappa shape index (κ3) is 6.90. The third-order valence-corrected chi connectivity index (χ3v) is 6.79. The minimum Gasteiger partial charge on any atom is -0.493 e. The van der Waals surface area contributed by atoms with Crippen LogP contribution in [0.25, 0.3) is 11.5 Å². The van der Waals surface area contributed by atoms with Gasteiger partial charge in [0.25, 0.3) is 0 Å². The molecule has 8 heteroatoms. The zero-order valence-corrected chi connectivity index (χ0v) is 22.9. The van der Waals surface area contributed by atoms with E-state index in [0.29, 0.717) is 52.8 Å². The number of rotatable bonds is 12. The Balaban J connectivity index is 1.19. The Morgan fingerprint density at radius 1 is 0.929 bits per heavy atom. The van der Waals surface area contributed by atoms with Crippen LogP contribution in [0.3, 0.4) is 0 Å². The molecule has 0 bridgehead atoms. The predicted octanol–water partition coefficient (Wildman–Crippen LogP) is 6.75. The number of carboxylic acid groups (broad SMARTS) is 1. The molecule has 1 heterocycles. The molecule has 5 rings (SSSR count). The van der Waals surface area contributed by atoms with Gasteiger partial charge >= 0.3 is 5.97 Å². The van der Waals surface area contributed by atoms with E-state index in [-0.39, 0.29) is 18.0 Å². The van der Waals surface area contributed by atoms with Crippen LogP contribution in [0, 0.1) is 12.7 Å². The van der Waals surface area contributed by atoms with Gasteiger partial charge < -0.3 is 19.6 Å². The van der Waals surface area contributed by atoms with Gasteiger partial charge in [0, 0.05) is 35.2 Å². The minimum absolute atomic E-state index is 0.183. The highest BCUT2D eigenvalue weighted by molar-refractivity contribution is 6.12. The van der Waals surface area contributed by atoms with E-state index in [2.05, 4.69) is 10.3 Å². The zero-order chi connectivity index (χ0) is 29.5. The number of ether oxygens (including phenoxy) is 1. The molecule has 4 aromatic carbocycles. The molecule has 0 saturated heterocycles. The standard InChI is InChI=1S/C34H29FN2O5/c1-22-29(37-33(42-22)25-13-15-26(35)16-14-25)19-20-41-27-17-11-23(12-18-27)21-31(34(39)40)36-30-10-6-5-9-28(30)32(38)24-7-3-2-4-8-24/h2-18,31,36H,19-21H2,1H3,(H,39,40)/t31-/m0/s1. The maximum absolute atomic E-state index is 13.2. The summed E-state index contributed by atoms with van der Waals surface area (Å²) < 4.78 is 24.8. The number of carbonyl (C=O) groups is 2. The first-order valence-electron chi connectivity index (χ1n) is 13.5. The number of nitrogens with one attached hydrogen (secondary N) is 1. The molecular weight excluding hydrogens is 535 g/mol. The van der Waals surface area contributed by atoms with Gasteiger partial charge in [-0.1, -0.05) is 54.6 Å². The molecule has 0 aliphatic carbocycles. The highest BCUT2D eigenvalue weighted by Gasteiger charge is 2.21. The largest absolute Gasteiger partial charge is 0.493 e. The Bertz CT molecular complexity index is 1670. The summed E-state index contributed by atoms with van der Waals surface area (Å²) in [5, 5.41) is 13.0.